The highest BCUT2D eigenvalue weighted by Gasteiger charge is 2.37. The van der Waals surface area contributed by atoms with Crippen molar-refractivity contribution in [3.63, 3.8) is 0 Å². The van der Waals surface area contributed by atoms with Crippen LogP contribution in [0.15, 0.2) is 18.2 Å². The summed E-state index contributed by atoms with van der Waals surface area (Å²) in [5.74, 6) is 0. The number of benzene rings is 1. The van der Waals surface area contributed by atoms with Gasteiger partial charge >= 0.3 is 0 Å². The molecule has 16 heavy (non-hydrogen) atoms. The van der Waals surface area contributed by atoms with Gasteiger partial charge in [0, 0.05) is 12.5 Å². The van der Waals surface area contributed by atoms with Gasteiger partial charge in [-0.2, -0.15) is 0 Å². The number of alkyl halides is 1. The molecule has 1 aromatic carbocycles. The molecule has 1 saturated carbocycles. The van der Waals surface area contributed by atoms with Crippen molar-refractivity contribution in [3.05, 3.63) is 33.8 Å². The fraction of sp³-hybridized carbons (Fsp3) is 0.500. The summed E-state index contributed by atoms with van der Waals surface area (Å²) in [7, 11) is 0. The largest absolute Gasteiger partial charge is 0.328 e. The zero-order valence-electron chi connectivity index (χ0n) is 8.85. The van der Waals surface area contributed by atoms with Crippen molar-refractivity contribution in [1.29, 1.82) is 0 Å². The lowest BCUT2D eigenvalue weighted by atomic mass is 9.94. The average molecular weight is 262 g/mol. The van der Waals surface area contributed by atoms with E-state index in [2.05, 4.69) is 0 Å². The molecule has 0 aliphatic heterocycles. The molecule has 2 unspecified atom stereocenters. The number of rotatable bonds is 2. The molecule has 0 radical (unpaired) electrons. The quantitative estimate of drug-likeness (QED) is 0.862. The van der Waals surface area contributed by atoms with E-state index in [-0.39, 0.29) is 6.04 Å². The van der Waals surface area contributed by atoms with Gasteiger partial charge in [0.15, 0.2) is 0 Å². The minimum atomic E-state index is -1.17. The van der Waals surface area contributed by atoms with Gasteiger partial charge in [0.2, 0.25) is 0 Å². The van der Waals surface area contributed by atoms with Crippen molar-refractivity contribution >= 4 is 23.2 Å². The first-order valence-electron chi connectivity index (χ1n) is 5.37. The lowest BCUT2D eigenvalue weighted by Gasteiger charge is -2.19. The van der Waals surface area contributed by atoms with Gasteiger partial charge in [-0.05, 0) is 37.0 Å². The third-order valence-corrected chi connectivity index (χ3v) is 3.84. The Bertz CT molecular complexity index is 397. The molecule has 4 heteroatoms. The lowest BCUT2D eigenvalue weighted by Crippen LogP contribution is -2.25. The second-order valence-electron chi connectivity index (χ2n) is 4.58. The van der Waals surface area contributed by atoms with Crippen molar-refractivity contribution in [2.45, 2.75) is 37.4 Å². The Kier molecular flexibility index (Phi) is 3.43. The molecule has 1 aliphatic carbocycles. The second kappa shape index (κ2) is 4.52. The first-order valence-corrected chi connectivity index (χ1v) is 6.12. The van der Waals surface area contributed by atoms with Gasteiger partial charge in [-0.1, -0.05) is 29.3 Å². The van der Waals surface area contributed by atoms with Crippen LogP contribution >= 0.6 is 23.2 Å². The van der Waals surface area contributed by atoms with E-state index < -0.39 is 5.67 Å². The van der Waals surface area contributed by atoms with Crippen LogP contribution in [0.5, 0.6) is 0 Å². The predicted octanol–water partition coefficient (Wildman–Crippen LogP) is 3.76. The van der Waals surface area contributed by atoms with Crippen LogP contribution in [0.3, 0.4) is 0 Å². The van der Waals surface area contributed by atoms with Crippen molar-refractivity contribution in [1.82, 2.24) is 0 Å². The highest BCUT2D eigenvalue weighted by molar-refractivity contribution is 6.42. The molecule has 0 saturated heterocycles. The maximum absolute atomic E-state index is 14.3. The van der Waals surface area contributed by atoms with Gasteiger partial charge in [0.1, 0.15) is 5.67 Å². The van der Waals surface area contributed by atoms with E-state index in [9.17, 15) is 4.39 Å². The van der Waals surface area contributed by atoms with E-state index in [1.807, 2.05) is 6.07 Å². The molecule has 2 N–H and O–H groups in total. The van der Waals surface area contributed by atoms with Crippen LogP contribution in [-0.2, 0) is 6.42 Å². The molecule has 1 aromatic rings. The maximum Gasteiger partial charge on any atom is 0.116 e. The monoisotopic (exact) mass is 261 g/mol. The van der Waals surface area contributed by atoms with Gasteiger partial charge in [-0.25, -0.2) is 4.39 Å². The zero-order chi connectivity index (χ0) is 11.8. The Hall–Kier alpha value is -0.310. The van der Waals surface area contributed by atoms with E-state index >= 15 is 0 Å². The first-order chi connectivity index (χ1) is 7.48. The molecule has 0 bridgehead atoms. The standard InChI is InChI=1S/C12H14Cl2FN/c13-10-2-1-8(5-11(10)14)6-12(15)4-3-9(16)7-12/h1-2,5,9H,3-4,6-7,16H2. The van der Waals surface area contributed by atoms with E-state index in [1.54, 1.807) is 12.1 Å². The van der Waals surface area contributed by atoms with Crippen LogP contribution in [0.1, 0.15) is 24.8 Å². The zero-order valence-corrected chi connectivity index (χ0v) is 10.4. The van der Waals surface area contributed by atoms with Crippen LogP contribution in [0.25, 0.3) is 0 Å². The molecule has 2 rings (SSSR count). The Labute approximate surface area is 105 Å². The minimum absolute atomic E-state index is 0.00669. The van der Waals surface area contributed by atoms with Crippen LogP contribution in [0.4, 0.5) is 4.39 Å². The molecule has 2 atom stereocenters. The molecular weight excluding hydrogens is 248 g/mol. The van der Waals surface area contributed by atoms with Crippen molar-refractivity contribution in [2.24, 2.45) is 5.73 Å². The molecule has 1 fully saturated rings. The van der Waals surface area contributed by atoms with E-state index in [0.717, 1.165) is 12.0 Å². The maximum atomic E-state index is 14.3. The third kappa shape index (κ3) is 2.68. The smallest absolute Gasteiger partial charge is 0.116 e. The third-order valence-electron chi connectivity index (χ3n) is 3.10. The number of hydrogen-bond acceptors (Lipinski definition) is 1. The molecule has 0 heterocycles. The van der Waals surface area contributed by atoms with Gasteiger partial charge in [-0.3, -0.25) is 0 Å². The lowest BCUT2D eigenvalue weighted by molar-refractivity contribution is 0.170. The van der Waals surface area contributed by atoms with Gasteiger partial charge < -0.3 is 5.73 Å². The first kappa shape index (κ1) is 12.2. The van der Waals surface area contributed by atoms with Crippen LogP contribution in [-0.4, -0.2) is 11.7 Å². The average Bonchev–Trinajstić information content (AvgIpc) is 2.52. The van der Waals surface area contributed by atoms with Crippen LogP contribution < -0.4 is 5.73 Å². The van der Waals surface area contributed by atoms with Gasteiger partial charge in [0.25, 0.3) is 0 Å². The predicted molar refractivity (Wildman–Crippen MR) is 65.8 cm³/mol. The Morgan fingerprint density at radius 3 is 2.69 bits per heavy atom. The molecular formula is C12H14Cl2FN. The summed E-state index contributed by atoms with van der Waals surface area (Å²) in [4.78, 5) is 0. The highest BCUT2D eigenvalue weighted by Crippen LogP contribution is 2.36. The normalized spacial score (nSPS) is 29.6. The molecule has 1 aliphatic rings. The van der Waals surface area contributed by atoms with Crippen molar-refractivity contribution in [3.8, 4) is 0 Å². The molecule has 88 valence electrons. The van der Waals surface area contributed by atoms with E-state index in [0.29, 0.717) is 29.3 Å². The van der Waals surface area contributed by atoms with Crippen molar-refractivity contribution < 1.29 is 4.39 Å². The summed E-state index contributed by atoms with van der Waals surface area (Å²) >= 11 is 11.7. The van der Waals surface area contributed by atoms with Crippen LogP contribution in [0.2, 0.25) is 10.0 Å². The summed E-state index contributed by atoms with van der Waals surface area (Å²) in [6, 6.07) is 5.25. The topological polar surface area (TPSA) is 26.0 Å². The van der Waals surface area contributed by atoms with E-state index in [1.165, 1.54) is 0 Å². The molecule has 0 amide bonds. The van der Waals surface area contributed by atoms with Gasteiger partial charge in [-0.15, -0.1) is 0 Å². The fourth-order valence-corrected chi connectivity index (χ4v) is 2.61. The van der Waals surface area contributed by atoms with E-state index in [4.69, 9.17) is 28.9 Å². The van der Waals surface area contributed by atoms with Gasteiger partial charge in [0.05, 0.1) is 10.0 Å². The Morgan fingerprint density at radius 1 is 1.38 bits per heavy atom. The second-order valence-corrected chi connectivity index (χ2v) is 5.39. The number of hydrogen-bond donors (Lipinski definition) is 1. The van der Waals surface area contributed by atoms with Crippen molar-refractivity contribution in [2.75, 3.05) is 0 Å². The summed E-state index contributed by atoms with van der Waals surface area (Å²) in [6.07, 6.45) is 2.11. The summed E-state index contributed by atoms with van der Waals surface area (Å²) < 4.78 is 14.3. The Morgan fingerprint density at radius 2 is 2.12 bits per heavy atom. The summed E-state index contributed by atoms with van der Waals surface area (Å²) in [6.45, 7) is 0. The Balaban J connectivity index is 2.12. The van der Waals surface area contributed by atoms with Crippen LogP contribution in [0, 0.1) is 0 Å². The summed E-state index contributed by atoms with van der Waals surface area (Å²) in [5, 5.41) is 0.978. The molecule has 1 nitrogen and oxygen atoms in total. The molecule has 0 aromatic heterocycles. The molecule has 0 spiro atoms. The SMILES string of the molecule is NC1CCC(F)(Cc2ccc(Cl)c(Cl)c2)C1. The minimum Gasteiger partial charge on any atom is -0.328 e. The highest BCUT2D eigenvalue weighted by atomic mass is 35.5. The number of nitrogens with two attached hydrogens (primary N) is 1. The number of halogens is 3. The fourth-order valence-electron chi connectivity index (χ4n) is 2.29. The summed E-state index contributed by atoms with van der Waals surface area (Å²) in [5.41, 5.74) is 5.44.